The second-order valence-corrected chi connectivity index (χ2v) is 4.03. The number of hydrogen-bond acceptors (Lipinski definition) is 7. The Labute approximate surface area is 117 Å². The van der Waals surface area contributed by atoms with Crippen LogP contribution in [0.25, 0.3) is 0 Å². The molecule has 0 aliphatic carbocycles. The smallest absolute Gasteiger partial charge is 0.189 e. The molecule has 1 rings (SSSR count). The molecule has 0 bridgehead atoms. The maximum absolute atomic E-state index is 9.35. The number of ether oxygens (including phenoxy) is 1. The van der Waals surface area contributed by atoms with Crippen LogP contribution in [-0.4, -0.2) is 56.4 Å². The predicted molar refractivity (Wildman–Crippen MR) is 70.1 cm³/mol. The van der Waals surface area contributed by atoms with Gasteiger partial charge in [-0.25, -0.2) is 0 Å². The van der Waals surface area contributed by atoms with Crippen LogP contribution in [0, 0.1) is 0 Å². The molecule has 1 aromatic carbocycles. The number of aliphatic hydroxyl groups is 6. The van der Waals surface area contributed by atoms with Crippen molar-refractivity contribution in [2.45, 2.75) is 31.7 Å². The molecule has 1 aromatic rings. The van der Waals surface area contributed by atoms with E-state index in [9.17, 15) is 10.2 Å². The SMILES string of the molecule is CCC(O)(O)c1ccccc1.OC(O)COCC(O)O. The molecule has 0 saturated heterocycles. The standard InChI is InChI=1S/C9H12O2.C4H10O5/c1-2-9(10,11)8-6-4-3-5-7-8;5-3(6)1-9-2-4(7)8/h3-7,10-11H,2H2,1H3;3-8H,1-2H2. The Balaban J connectivity index is 0.000000370. The van der Waals surface area contributed by atoms with Crippen molar-refractivity contribution in [3.63, 3.8) is 0 Å². The van der Waals surface area contributed by atoms with Crippen molar-refractivity contribution in [1.29, 1.82) is 0 Å². The van der Waals surface area contributed by atoms with Crippen LogP contribution in [0.1, 0.15) is 18.9 Å². The first-order chi connectivity index (χ1) is 9.29. The zero-order valence-corrected chi connectivity index (χ0v) is 11.3. The Morgan fingerprint density at radius 2 is 1.40 bits per heavy atom. The molecule has 7 heteroatoms. The summed E-state index contributed by atoms with van der Waals surface area (Å²) in [6.07, 6.45) is -2.80. The van der Waals surface area contributed by atoms with Gasteiger partial charge in [-0.05, 0) is 0 Å². The van der Waals surface area contributed by atoms with Gasteiger partial charge in [0, 0.05) is 12.0 Å². The molecular weight excluding hydrogens is 268 g/mol. The van der Waals surface area contributed by atoms with Crippen LogP contribution in [0.3, 0.4) is 0 Å². The molecule has 0 atom stereocenters. The van der Waals surface area contributed by atoms with Crippen molar-refractivity contribution in [1.82, 2.24) is 0 Å². The molecule has 0 aromatic heterocycles. The van der Waals surface area contributed by atoms with E-state index in [4.69, 9.17) is 20.4 Å². The van der Waals surface area contributed by atoms with Gasteiger partial charge in [-0.15, -0.1) is 0 Å². The number of aliphatic hydroxyl groups excluding tert-OH is 2. The number of benzene rings is 1. The molecule has 0 radical (unpaired) electrons. The first-order valence-electron chi connectivity index (χ1n) is 6.10. The van der Waals surface area contributed by atoms with Crippen molar-refractivity contribution >= 4 is 0 Å². The highest BCUT2D eigenvalue weighted by Crippen LogP contribution is 2.20. The van der Waals surface area contributed by atoms with Crippen molar-refractivity contribution in [3.8, 4) is 0 Å². The van der Waals surface area contributed by atoms with Gasteiger partial charge in [-0.1, -0.05) is 37.3 Å². The minimum Gasteiger partial charge on any atom is -0.371 e. The van der Waals surface area contributed by atoms with Crippen LogP contribution < -0.4 is 0 Å². The van der Waals surface area contributed by atoms with Gasteiger partial charge in [0.15, 0.2) is 18.4 Å². The fraction of sp³-hybridized carbons (Fsp3) is 0.538. The summed E-state index contributed by atoms with van der Waals surface area (Å²) >= 11 is 0. The zero-order chi connectivity index (χ0) is 15.6. The summed E-state index contributed by atoms with van der Waals surface area (Å²) in [5.41, 5.74) is 0.544. The Morgan fingerprint density at radius 3 is 1.75 bits per heavy atom. The van der Waals surface area contributed by atoms with Crippen LogP contribution in [0.4, 0.5) is 0 Å². The van der Waals surface area contributed by atoms with Crippen molar-refractivity contribution < 1.29 is 35.4 Å². The average Bonchev–Trinajstić information content (AvgIpc) is 2.39. The van der Waals surface area contributed by atoms with Crippen LogP contribution in [-0.2, 0) is 10.5 Å². The van der Waals surface area contributed by atoms with E-state index in [-0.39, 0.29) is 13.2 Å². The van der Waals surface area contributed by atoms with Gasteiger partial charge in [-0.2, -0.15) is 0 Å². The van der Waals surface area contributed by atoms with Gasteiger partial charge >= 0.3 is 0 Å². The highest BCUT2D eigenvalue weighted by molar-refractivity contribution is 5.19. The molecule has 0 amide bonds. The van der Waals surface area contributed by atoms with E-state index in [0.29, 0.717) is 12.0 Å². The van der Waals surface area contributed by atoms with Gasteiger partial charge in [0.25, 0.3) is 0 Å². The Bertz CT molecular complexity index is 330. The highest BCUT2D eigenvalue weighted by Gasteiger charge is 2.21. The summed E-state index contributed by atoms with van der Waals surface area (Å²) < 4.78 is 4.36. The van der Waals surface area contributed by atoms with Crippen LogP contribution >= 0.6 is 0 Å². The number of rotatable bonds is 6. The van der Waals surface area contributed by atoms with Gasteiger partial charge in [0.2, 0.25) is 0 Å². The lowest BCUT2D eigenvalue weighted by Gasteiger charge is -2.19. The first-order valence-corrected chi connectivity index (χ1v) is 6.10. The molecule has 7 nitrogen and oxygen atoms in total. The van der Waals surface area contributed by atoms with Crippen LogP contribution in [0.2, 0.25) is 0 Å². The molecule has 20 heavy (non-hydrogen) atoms. The van der Waals surface area contributed by atoms with Crippen molar-refractivity contribution in [2.24, 2.45) is 0 Å². The Morgan fingerprint density at radius 1 is 0.950 bits per heavy atom. The second kappa shape index (κ2) is 9.78. The molecule has 0 aliphatic heterocycles. The lowest BCUT2D eigenvalue weighted by Crippen LogP contribution is -2.23. The summed E-state index contributed by atoms with van der Waals surface area (Å²) in [6, 6.07) is 8.81. The Kier molecular flexibility index (Phi) is 9.26. The zero-order valence-electron chi connectivity index (χ0n) is 11.3. The normalized spacial score (nSPS) is 11.4. The fourth-order valence-corrected chi connectivity index (χ4v) is 1.19. The summed E-state index contributed by atoms with van der Waals surface area (Å²) in [7, 11) is 0. The van der Waals surface area contributed by atoms with E-state index < -0.39 is 18.4 Å². The predicted octanol–water partition coefficient (Wildman–Crippen LogP) is -1.14. The molecule has 6 N–H and O–H groups in total. The van der Waals surface area contributed by atoms with E-state index in [0.717, 1.165) is 0 Å². The van der Waals surface area contributed by atoms with Crippen LogP contribution in [0.15, 0.2) is 30.3 Å². The third kappa shape index (κ3) is 8.94. The Hall–Kier alpha value is -1.06. The molecular formula is C13H22O7. The average molecular weight is 290 g/mol. The molecule has 0 spiro atoms. The summed E-state index contributed by atoms with van der Waals surface area (Å²) in [6.45, 7) is 1.11. The van der Waals surface area contributed by atoms with Crippen LogP contribution in [0.5, 0.6) is 0 Å². The van der Waals surface area contributed by atoms with E-state index in [1.807, 2.05) is 6.07 Å². The third-order valence-electron chi connectivity index (χ3n) is 2.26. The first kappa shape index (κ1) is 18.9. The lowest BCUT2D eigenvalue weighted by molar-refractivity contribution is -0.171. The molecule has 0 fully saturated rings. The van der Waals surface area contributed by atoms with Gasteiger partial charge < -0.3 is 35.4 Å². The van der Waals surface area contributed by atoms with E-state index in [1.165, 1.54) is 0 Å². The molecule has 0 heterocycles. The third-order valence-corrected chi connectivity index (χ3v) is 2.26. The van der Waals surface area contributed by atoms with Crippen molar-refractivity contribution in [3.05, 3.63) is 35.9 Å². The number of hydrogen-bond donors (Lipinski definition) is 6. The van der Waals surface area contributed by atoms with E-state index >= 15 is 0 Å². The maximum Gasteiger partial charge on any atom is 0.189 e. The fourth-order valence-electron chi connectivity index (χ4n) is 1.19. The summed E-state index contributed by atoms with van der Waals surface area (Å²) in [5.74, 6) is -1.67. The molecule has 0 aliphatic rings. The monoisotopic (exact) mass is 290 g/mol. The van der Waals surface area contributed by atoms with E-state index in [2.05, 4.69) is 4.74 Å². The molecule has 116 valence electrons. The van der Waals surface area contributed by atoms with Gasteiger partial charge in [-0.3, -0.25) is 0 Å². The molecule has 0 saturated carbocycles. The minimum absolute atomic E-state index is 0.303. The minimum atomic E-state index is -1.67. The largest absolute Gasteiger partial charge is 0.371 e. The molecule has 0 unspecified atom stereocenters. The summed E-state index contributed by atoms with van der Waals surface area (Å²) in [5, 5.41) is 51.2. The van der Waals surface area contributed by atoms with Crippen molar-refractivity contribution in [2.75, 3.05) is 13.2 Å². The quantitative estimate of drug-likeness (QED) is 0.365. The van der Waals surface area contributed by atoms with Gasteiger partial charge in [0.1, 0.15) is 0 Å². The lowest BCUT2D eigenvalue weighted by atomic mass is 10.0. The second-order valence-electron chi connectivity index (χ2n) is 4.03. The van der Waals surface area contributed by atoms with E-state index in [1.54, 1.807) is 31.2 Å². The van der Waals surface area contributed by atoms with Gasteiger partial charge in [0.05, 0.1) is 13.2 Å². The highest BCUT2D eigenvalue weighted by atomic mass is 16.6. The topological polar surface area (TPSA) is 131 Å². The summed E-state index contributed by atoms with van der Waals surface area (Å²) in [4.78, 5) is 0. The maximum atomic E-state index is 9.35.